The topological polar surface area (TPSA) is 63.7 Å². The van der Waals surface area contributed by atoms with Crippen LogP contribution in [0.4, 0.5) is 5.69 Å². The Morgan fingerprint density at radius 3 is 2.10 bits per heavy atom. The standard InChI is InChI=1S/C24H24BrNO4S/c1-24(2,3)21-16-18(25)14-15-22(21)30-17-23(27)26(19-10-6-4-7-11-19)31(28,29)20-12-8-5-9-13-20/h4-16H,17H2,1-3H3. The minimum atomic E-state index is -4.11. The Balaban J connectivity index is 1.95. The second-order valence-corrected chi connectivity index (χ2v) is 10.7. The Morgan fingerprint density at radius 1 is 0.935 bits per heavy atom. The molecule has 0 atom stereocenters. The lowest BCUT2D eigenvalue weighted by molar-refractivity contribution is -0.119. The zero-order valence-electron chi connectivity index (χ0n) is 17.6. The lowest BCUT2D eigenvalue weighted by Gasteiger charge is -2.25. The summed E-state index contributed by atoms with van der Waals surface area (Å²) < 4.78 is 34.1. The number of sulfonamides is 1. The van der Waals surface area contributed by atoms with Crippen LogP contribution in [0, 0.1) is 0 Å². The van der Waals surface area contributed by atoms with E-state index < -0.39 is 22.5 Å². The summed E-state index contributed by atoms with van der Waals surface area (Å²) >= 11 is 3.46. The summed E-state index contributed by atoms with van der Waals surface area (Å²) in [5.74, 6) is -0.146. The van der Waals surface area contributed by atoms with E-state index in [9.17, 15) is 13.2 Å². The molecule has 162 valence electrons. The number of anilines is 1. The molecule has 0 saturated heterocycles. The number of halogens is 1. The summed E-state index contributed by atoms with van der Waals surface area (Å²) in [6.07, 6.45) is 0. The maximum absolute atomic E-state index is 13.3. The van der Waals surface area contributed by atoms with Gasteiger partial charge in [-0.25, -0.2) is 8.42 Å². The van der Waals surface area contributed by atoms with Crippen molar-refractivity contribution >= 4 is 37.5 Å². The summed E-state index contributed by atoms with van der Waals surface area (Å²) in [5, 5.41) is 0. The maximum atomic E-state index is 13.3. The molecule has 0 saturated carbocycles. The quantitative estimate of drug-likeness (QED) is 0.444. The SMILES string of the molecule is CC(C)(C)c1cc(Br)ccc1OCC(=O)N(c1ccccc1)S(=O)(=O)c1ccccc1. The van der Waals surface area contributed by atoms with Crippen LogP contribution in [-0.2, 0) is 20.2 Å². The number of benzene rings is 3. The van der Waals surface area contributed by atoms with Crippen LogP contribution < -0.4 is 9.04 Å². The molecule has 0 radical (unpaired) electrons. The second kappa shape index (κ2) is 9.24. The van der Waals surface area contributed by atoms with Gasteiger partial charge in [-0.3, -0.25) is 4.79 Å². The average Bonchev–Trinajstić information content (AvgIpc) is 2.73. The van der Waals surface area contributed by atoms with Crippen LogP contribution in [0.15, 0.2) is 88.2 Å². The molecule has 0 aliphatic carbocycles. The number of para-hydroxylation sites is 1. The minimum absolute atomic E-state index is 0.0335. The molecule has 0 unspecified atom stereocenters. The second-order valence-electron chi connectivity index (χ2n) is 7.99. The predicted octanol–water partition coefficient (Wildman–Crippen LogP) is 5.55. The molecule has 3 aromatic rings. The largest absolute Gasteiger partial charge is 0.483 e. The molecule has 0 spiro atoms. The normalized spacial score (nSPS) is 11.7. The first kappa shape index (κ1) is 23.0. The summed E-state index contributed by atoms with van der Waals surface area (Å²) in [6, 6.07) is 21.7. The van der Waals surface area contributed by atoms with Gasteiger partial charge in [0.1, 0.15) is 5.75 Å². The first-order chi connectivity index (χ1) is 14.6. The Morgan fingerprint density at radius 2 is 1.52 bits per heavy atom. The van der Waals surface area contributed by atoms with Crippen LogP contribution in [0.3, 0.4) is 0 Å². The zero-order valence-corrected chi connectivity index (χ0v) is 20.0. The molecule has 0 aromatic heterocycles. The van der Waals surface area contributed by atoms with Gasteiger partial charge in [-0.1, -0.05) is 73.1 Å². The Labute approximate surface area is 191 Å². The molecule has 0 aliphatic rings. The van der Waals surface area contributed by atoms with Crippen molar-refractivity contribution in [3.8, 4) is 5.75 Å². The van der Waals surface area contributed by atoms with Gasteiger partial charge in [0.25, 0.3) is 15.9 Å². The van der Waals surface area contributed by atoms with Gasteiger partial charge in [0.15, 0.2) is 6.61 Å². The highest BCUT2D eigenvalue weighted by molar-refractivity contribution is 9.10. The minimum Gasteiger partial charge on any atom is -0.483 e. The van der Waals surface area contributed by atoms with Gasteiger partial charge in [-0.2, -0.15) is 4.31 Å². The number of carbonyl (C=O) groups is 1. The van der Waals surface area contributed by atoms with Crippen molar-refractivity contribution in [2.45, 2.75) is 31.1 Å². The first-order valence-corrected chi connectivity index (χ1v) is 11.9. The van der Waals surface area contributed by atoms with Crippen molar-refractivity contribution in [3.63, 3.8) is 0 Å². The number of hydrogen-bond acceptors (Lipinski definition) is 4. The summed E-state index contributed by atoms with van der Waals surface area (Å²) in [4.78, 5) is 13.2. The third-order valence-electron chi connectivity index (χ3n) is 4.60. The Hall–Kier alpha value is -2.64. The highest BCUT2D eigenvalue weighted by Crippen LogP contribution is 2.34. The van der Waals surface area contributed by atoms with Crippen molar-refractivity contribution < 1.29 is 17.9 Å². The van der Waals surface area contributed by atoms with E-state index in [1.165, 1.54) is 12.1 Å². The smallest absolute Gasteiger partial charge is 0.278 e. The monoisotopic (exact) mass is 501 g/mol. The van der Waals surface area contributed by atoms with Gasteiger partial charge in [0, 0.05) is 10.0 Å². The number of hydrogen-bond donors (Lipinski definition) is 0. The molecule has 0 heterocycles. The van der Waals surface area contributed by atoms with E-state index in [-0.39, 0.29) is 16.0 Å². The lowest BCUT2D eigenvalue weighted by atomic mass is 9.86. The van der Waals surface area contributed by atoms with E-state index in [4.69, 9.17) is 4.74 Å². The van der Waals surface area contributed by atoms with Gasteiger partial charge in [-0.15, -0.1) is 0 Å². The molecule has 0 bridgehead atoms. The fourth-order valence-corrected chi connectivity index (χ4v) is 4.88. The van der Waals surface area contributed by atoms with Crippen molar-refractivity contribution in [1.82, 2.24) is 0 Å². The van der Waals surface area contributed by atoms with Gasteiger partial charge in [0.05, 0.1) is 10.6 Å². The number of nitrogens with zero attached hydrogens (tertiary/aromatic N) is 1. The number of carbonyl (C=O) groups excluding carboxylic acids is 1. The van der Waals surface area contributed by atoms with Crippen molar-refractivity contribution in [2.75, 3.05) is 10.9 Å². The highest BCUT2D eigenvalue weighted by atomic mass is 79.9. The Kier molecular flexibility index (Phi) is 6.86. The highest BCUT2D eigenvalue weighted by Gasteiger charge is 2.31. The fraction of sp³-hybridized carbons (Fsp3) is 0.208. The molecular formula is C24H24BrNO4S. The molecular weight excluding hydrogens is 478 g/mol. The third-order valence-corrected chi connectivity index (χ3v) is 6.86. The van der Waals surface area contributed by atoms with E-state index in [2.05, 4.69) is 15.9 Å². The lowest BCUT2D eigenvalue weighted by Crippen LogP contribution is -2.40. The predicted molar refractivity (Wildman–Crippen MR) is 126 cm³/mol. The molecule has 31 heavy (non-hydrogen) atoms. The molecule has 1 amide bonds. The van der Waals surface area contributed by atoms with Gasteiger partial charge < -0.3 is 4.74 Å². The maximum Gasteiger partial charge on any atom is 0.278 e. The summed E-state index contributed by atoms with van der Waals surface area (Å²) in [7, 11) is -4.11. The first-order valence-electron chi connectivity index (χ1n) is 9.72. The van der Waals surface area contributed by atoms with E-state index in [0.29, 0.717) is 5.75 Å². The molecule has 7 heteroatoms. The summed E-state index contributed by atoms with van der Waals surface area (Å²) in [5.41, 5.74) is 0.941. The molecule has 0 fully saturated rings. The number of ether oxygens (including phenoxy) is 1. The van der Waals surface area contributed by atoms with Crippen molar-refractivity contribution in [3.05, 3.63) is 88.9 Å². The van der Waals surface area contributed by atoms with E-state index in [1.54, 1.807) is 54.6 Å². The van der Waals surface area contributed by atoms with Crippen LogP contribution >= 0.6 is 15.9 Å². The van der Waals surface area contributed by atoms with E-state index in [0.717, 1.165) is 14.3 Å². The van der Waals surface area contributed by atoms with Gasteiger partial charge >= 0.3 is 0 Å². The third kappa shape index (κ3) is 5.35. The molecule has 5 nitrogen and oxygen atoms in total. The Bertz CT molecular complexity index is 1160. The number of amides is 1. The van der Waals surface area contributed by atoms with Crippen LogP contribution in [-0.4, -0.2) is 20.9 Å². The van der Waals surface area contributed by atoms with E-state index >= 15 is 0 Å². The van der Waals surface area contributed by atoms with Gasteiger partial charge in [-0.05, 0) is 47.9 Å². The molecule has 0 N–H and O–H groups in total. The van der Waals surface area contributed by atoms with E-state index in [1.807, 2.05) is 32.9 Å². The molecule has 3 rings (SSSR count). The van der Waals surface area contributed by atoms with Crippen LogP contribution in [0.2, 0.25) is 0 Å². The number of rotatable bonds is 6. The average molecular weight is 502 g/mol. The van der Waals surface area contributed by atoms with Crippen molar-refractivity contribution in [1.29, 1.82) is 0 Å². The van der Waals surface area contributed by atoms with Crippen LogP contribution in [0.5, 0.6) is 5.75 Å². The molecule has 3 aromatic carbocycles. The van der Waals surface area contributed by atoms with Crippen LogP contribution in [0.25, 0.3) is 0 Å². The molecule has 0 aliphatic heterocycles. The van der Waals surface area contributed by atoms with Crippen molar-refractivity contribution in [2.24, 2.45) is 0 Å². The summed E-state index contributed by atoms with van der Waals surface area (Å²) in [6.45, 7) is 5.70. The fourth-order valence-electron chi connectivity index (χ4n) is 3.09. The zero-order chi connectivity index (χ0) is 22.6. The van der Waals surface area contributed by atoms with Gasteiger partial charge in [0.2, 0.25) is 0 Å². The van der Waals surface area contributed by atoms with Crippen LogP contribution in [0.1, 0.15) is 26.3 Å².